The first-order valence-corrected chi connectivity index (χ1v) is 8.21. The van der Waals surface area contributed by atoms with Crippen LogP contribution in [0, 0.1) is 11.8 Å². The lowest BCUT2D eigenvalue weighted by Crippen LogP contribution is -2.41. The van der Waals surface area contributed by atoms with Crippen LogP contribution in [0.2, 0.25) is 0 Å². The molecule has 2 nitrogen and oxygen atoms in total. The number of rotatable bonds is 5. The van der Waals surface area contributed by atoms with Gasteiger partial charge in [-0.05, 0) is 64.0 Å². The summed E-state index contributed by atoms with van der Waals surface area (Å²) in [6.45, 7) is 7.25. The van der Waals surface area contributed by atoms with E-state index in [1.165, 1.54) is 64.5 Å². The average Bonchev–Trinajstić information content (AvgIpc) is 2.39. The van der Waals surface area contributed by atoms with Gasteiger partial charge in [0.2, 0.25) is 0 Å². The molecule has 0 aromatic carbocycles. The summed E-state index contributed by atoms with van der Waals surface area (Å²) >= 11 is 0. The van der Waals surface area contributed by atoms with E-state index < -0.39 is 0 Å². The topological polar surface area (TPSA) is 24.1 Å². The van der Waals surface area contributed by atoms with E-state index in [4.69, 9.17) is 0 Å². The third-order valence-corrected chi connectivity index (χ3v) is 4.94. The van der Waals surface area contributed by atoms with Crippen molar-refractivity contribution in [2.24, 2.45) is 11.8 Å². The van der Waals surface area contributed by atoms with Crippen molar-refractivity contribution in [1.29, 1.82) is 0 Å². The van der Waals surface area contributed by atoms with Gasteiger partial charge in [-0.25, -0.2) is 0 Å². The molecule has 0 aromatic rings. The van der Waals surface area contributed by atoms with Crippen LogP contribution in [-0.4, -0.2) is 25.2 Å². The van der Waals surface area contributed by atoms with Gasteiger partial charge in [0.1, 0.15) is 0 Å². The molecule has 1 heterocycles. The Balaban J connectivity index is 1.57. The lowest BCUT2D eigenvalue weighted by Gasteiger charge is -2.30. The lowest BCUT2D eigenvalue weighted by atomic mass is 9.83. The summed E-state index contributed by atoms with van der Waals surface area (Å²) < 4.78 is 0. The quantitative estimate of drug-likeness (QED) is 0.784. The zero-order chi connectivity index (χ0) is 12.8. The molecule has 0 aromatic heterocycles. The second-order valence-corrected chi connectivity index (χ2v) is 6.82. The summed E-state index contributed by atoms with van der Waals surface area (Å²) in [6, 6.07) is 1.45. The van der Waals surface area contributed by atoms with E-state index in [0.29, 0.717) is 6.04 Å². The fourth-order valence-corrected chi connectivity index (χ4v) is 3.54. The predicted octanol–water partition coefficient (Wildman–Crippen LogP) is 3.32. The van der Waals surface area contributed by atoms with Gasteiger partial charge in [-0.1, -0.05) is 26.2 Å². The average molecular weight is 252 g/mol. The predicted molar refractivity (Wildman–Crippen MR) is 78.8 cm³/mol. The van der Waals surface area contributed by atoms with E-state index in [0.717, 1.165) is 17.9 Å². The van der Waals surface area contributed by atoms with Crippen LogP contribution in [0.1, 0.15) is 65.2 Å². The second-order valence-electron chi connectivity index (χ2n) is 6.82. The number of hydrogen-bond acceptors (Lipinski definition) is 2. The largest absolute Gasteiger partial charge is 0.314 e. The van der Waals surface area contributed by atoms with Gasteiger partial charge in [0.15, 0.2) is 0 Å². The first-order valence-electron chi connectivity index (χ1n) is 8.21. The molecule has 18 heavy (non-hydrogen) atoms. The van der Waals surface area contributed by atoms with E-state index in [2.05, 4.69) is 24.5 Å². The molecule has 0 spiro atoms. The van der Waals surface area contributed by atoms with Gasteiger partial charge >= 0.3 is 0 Å². The van der Waals surface area contributed by atoms with Crippen molar-refractivity contribution in [2.75, 3.05) is 13.1 Å². The van der Waals surface area contributed by atoms with E-state index in [1.54, 1.807) is 0 Å². The summed E-state index contributed by atoms with van der Waals surface area (Å²) in [6.07, 6.45) is 11.3. The first kappa shape index (κ1) is 14.3. The smallest absolute Gasteiger partial charge is 0.00817 e. The van der Waals surface area contributed by atoms with Gasteiger partial charge in [0.05, 0.1) is 0 Å². The molecule has 2 fully saturated rings. The van der Waals surface area contributed by atoms with E-state index >= 15 is 0 Å². The molecule has 2 unspecified atom stereocenters. The van der Waals surface area contributed by atoms with Crippen molar-refractivity contribution in [2.45, 2.75) is 77.3 Å². The Morgan fingerprint density at radius 3 is 2.56 bits per heavy atom. The molecule has 2 aliphatic rings. The highest BCUT2D eigenvalue weighted by Crippen LogP contribution is 2.27. The third-order valence-electron chi connectivity index (χ3n) is 4.94. The second kappa shape index (κ2) is 7.49. The lowest BCUT2D eigenvalue weighted by molar-refractivity contribution is 0.267. The molecule has 0 amide bonds. The van der Waals surface area contributed by atoms with Gasteiger partial charge in [0.25, 0.3) is 0 Å². The van der Waals surface area contributed by atoms with Gasteiger partial charge in [0, 0.05) is 12.1 Å². The monoisotopic (exact) mass is 252 g/mol. The molecule has 2 heteroatoms. The standard InChI is InChI=1S/C16H32N2/c1-13-6-8-15(9-7-13)12-18-14(2)11-16-5-3-4-10-17-16/h13-18H,3-12H2,1-2H3. The zero-order valence-electron chi connectivity index (χ0n) is 12.4. The molecular weight excluding hydrogens is 220 g/mol. The molecule has 2 rings (SSSR count). The minimum atomic E-state index is 0.681. The highest BCUT2D eigenvalue weighted by molar-refractivity contribution is 4.78. The summed E-state index contributed by atoms with van der Waals surface area (Å²) in [5.74, 6) is 1.92. The fraction of sp³-hybridized carbons (Fsp3) is 1.00. The normalized spacial score (nSPS) is 35.3. The van der Waals surface area contributed by atoms with Crippen molar-refractivity contribution < 1.29 is 0 Å². The number of piperidine rings is 1. The van der Waals surface area contributed by atoms with Gasteiger partial charge in [-0.15, -0.1) is 0 Å². The van der Waals surface area contributed by atoms with E-state index in [9.17, 15) is 0 Å². The summed E-state index contributed by atoms with van der Waals surface area (Å²) in [5.41, 5.74) is 0. The summed E-state index contributed by atoms with van der Waals surface area (Å²) in [7, 11) is 0. The van der Waals surface area contributed by atoms with Crippen LogP contribution in [0.25, 0.3) is 0 Å². The Bertz CT molecular complexity index is 215. The molecule has 0 radical (unpaired) electrons. The molecule has 0 bridgehead atoms. The van der Waals surface area contributed by atoms with Crippen LogP contribution >= 0.6 is 0 Å². The Labute approximate surface area is 113 Å². The maximum absolute atomic E-state index is 3.77. The minimum absolute atomic E-state index is 0.681. The Kier molecular flexibility index (Phi) is 5.97. The Morgan fingerprint density at radius 2 is 1.89 bits per heavy atom. The Hall–Kier alpha value is -0.0800. The molecule has 2 atom stereocenters. The zero-order valence-corrected chi connectivity index (χ0v) is 12.4. The molecular formula is C16H32N2. The first-order chi connectivity index (χ1) is 8.74. The maximum Gasteiger partial charge on any atom is 0.00817 e. The SMILES string of the molecule is CC1CCC(CNC(C)CC2CCCCN2)CC1. The van der Waals surface area contributed by atoms with Crippen molar-refractivity contribution in [1.82, 2.24) is 10.6 Å². The van der Waals surface area contributed by atoms with Gasteiger partial charge in [-0.2, -0.15) is 0 Å². The molecule has 106 valence electrons. The molecule has 2 N–H and O–H groups in total. The van der Waals surface area contributed by atoms with Gasteiger partial charge in [-0.3, -0.25) is 0 Å². The van der Waals surface area contributed by atoms with Crippen molar-refractivity contribution in [3.05, 3.63) is 0 Å². The molecule has 1 saturated carbocycles. The van der Waals surface area contributed by atoms with E-state index in [-0.39, 0.29) is 0 Å². The molecule has 1 aliphatic heterocycles. The van der Waals surface area contributed by atoms with Crippen molar-refractivity contribution >= 4 is 0 Å². The van der Waals surface area contributed by atoms with Crippen molar-refractivity contribution in [3.8, 4) is 0 Å². The minimum Gasteiger partial charge on any atom is -0.314 e. The van der Waals surface area contributed by atoms with Crippen LogP contribution < -0.4 is 10.6 Å². The van der Waals surface area contributed by atoms with Crippen LogP contribution in [0.15, 0.2) is 0 Å². The fourth-order valence-electron chi connectivity index (χ4n) is 3.54. The van der Waals surface area contributed by atoms with Crippen LogP contribution in [0.4, 0.5) is 0 Å². The van der Waals surface area contributed by atoms with Crippen LogP contribution in [0.3, 0.4) is 0 Å². The van der Waals surface area contributed by atoms with Crippen LogP contribution in [-0.2, 0) is 0 Å². The highest BCUT2D eigenvalue weighted by Gasteiger charge is 2.20. The highest BCUT2D eigenvalue weighted by atomic mass is 15.0. The molecule has 1 saturated heterocycles. The Morgan fingerprint density at radius 1 is 1.11 bits per heavy atom. The van der Waals surface area contributed by atoms with Crippen LogP contribution in [0.5, 0.6) is 0 Å². The van der Waals surface area contributed by atoms with E-state index in [1.807, 2.05) is 0 Å². The van der Waals surface area contributed by atoms with Gasteiger partial charge < -0.3 is 10.6 Å². The third kappa shape index (κ3) is 4.89. The van der Waals surface area contributed by atoms with Crippen molar-refractivity contribution in [3.63, 3.8) is 0 Å². The number of nitrogens with one attached hydrogen (secondary N) is 2. The summed E-state index contributed by atoms with van der Waals surface area (Å²) in [4.78, 5) is 0. The number of hydrogen-bond donors (Lipinski definition) is 2. The maximum atomic E-state index is 3.77. The summed E-state index contributed by atoms with van der Waals surface area (Å²) in [5, 5.41) is 7.43. The molecule has 1 aliphatic carbocycles.